The molecule has 2 heterocycles. The topological polar surface area (TPSA) is 54.9 Å². The lowest BCUT2D eigenvalue weighted by atomic mass is 10.2. The van der Waals surface area contributed by atoms with E-state index in [4.69, 9.17) is 23.2 Å². The maximum Gasteiger partial charge on any atom is 0.251 e. The van der Waals surface area contributed by atoms with Crippen molar-refractivity contribution in [3.05, 3.63) is 68.9 Å². The lowest BCUT2D eigenvalue weighted by molar-refractivity contribution is 0.0954. The molecule has 0 bridgehead atoms. The lowest BCUT2D eigenvalue weighted by Gasteiger charge is -2.05. The first-order chi connectivity index (χ1) is 12.0. The highest BCUT2D eigenvalue weighted by molar-refractivity contribution is 7.15. The van der Waals surface area contributed by atoms with Gasteiger partial charge in [0.05, 0.1) is 15.7 Å². The SMILES string of the molecule is Cc1nc(-c2cccnc2)sc1CCNC(=O)c1ccc(Cl)c(Cl)c1. The molecule has 0 aliphatic rings. The van der Waals surface area contributed by atoms with Crippen LogP contribution in [0.2, 0.25) is 10.0 Å². The van der Waals surface area contributed by atoms with Crippen LogP contribution in [0, 0.1) is 6.92 Å². The zero-order valence-corrected chi connectivity index (χ0v) is 15.8. The van der Waals surface area contributed by atoms with Crippen molar-refractivity contribution in [2.45, 2.75) is 13.3 Å². The highest BCUT2D eigenvalue weighted by Crippen LogP contribution is 2.27. The molecular formula is C18H15Cl2N3OS. The summed E-state index contributed by atoms with van der Waals surface area (Å²) in [6.07, 6.45) is 4.26. The summed E-state index contributed by atoms with van der Waals surface area (Å²) in [7, 11) is 0. The largest absolute Gasteiger partial charge is 0.352 e. The van der Waals surface area contributed by atoms with Gasteiger partial charge in [-0.25, -0.2) is 4.98 Å². The van der Waals surface area contributed by atoms with Crippen molar-refractivity contribution in [3.63, 3.8) is 0 Å². The van der Waals surface area contributed by atoms with Crippen LogP contribution in [0.3, 0.4) is 0 Å². The van der Waals surface area contributed by atoms with Gasteiger partial charge in [-0.1, -0.05) is 23.2 Å². The van der Waals surface area contributed by atoms with Crippen LogP contribution in [0.5, 0.6) is 0 Å². The number of pyridine rings is 1. The van der Waals surface area contributed by atoms with Crippen LogP contribution in [-0.4, -0.2) is 22.4 Å². The number of carbonyl (C=O) groups is 1. The van der Waals surface area contributed by atoms with Crippen molar-refractivity contribution >= 4 is 40.4 Å². The molecule has 1 amide bonds. The average molecular weight is 392 g/mol. The van der Waals surface area contributed by atoms with Gasteiger partial charge in [-0.15, -0.1) is 11.3 Å². The molecule has 25 heavy (non-hydrogen) atoms. The zero-order chi connectivity index (χ0) is 17.8. The Balaban J connectivity index is 1.61. The fraction of sp³-hybridized carbons (Fsp3) is 0.167. The fourth-order valence-corrected chi connectivity index (χ4v) is 3.65. The number of thiazole rings is 1. The third kappa shape index (κ3) is 4.37. The minimum Gasteiger partial charge on any atom is -0.352 e. The molecule has 0 atom stereocenters. The first-order valence-electron chi connectivity index (χ1n) is 7.64. The molecule has 4 nitrogen and oxygen atoms in total. The normalized spacial score (nSPS) is 10.7. The molecule has 2 aromatic heterocycles. The summed E-state index contributed by atoms with van der Waals surface area (Å²) in [5, 5.41) is 4.64. The smallest absolute Gasteiger partial charge is 0.251 e. The highest BCUT2D eigenvalue weighted by atomic mass is 35.5. The van der Waals surface area contributed by atoms with Crippen LogP contribution in [-0.2, 0) is 6.42 Å². The number of carbonyl (C=O) groups excluding carboxylic acids is 1. The molecule has 3 rings (SSSR count). The van der Waals surface area contributed by atoms with Crippen LogP contribution in [0.4, 0.5) is 0 Å². The fourth-order valence-electron chi connectivity index (χ4n) is 2.30. The number of hydrogen-bond acceptors (Lipinski definition) is 4. The second-order valence-electron chi connectivity index (χ2n) is 5.40. The van der Waals surface area contributed by atoms with Crippen molar-refractivity contribution in [1.82, 2.24) is 15.3 Å². The van der Waals surface area contributed by atoms with Gasteiger partial charge in [0, 0.05) is 41.4 Å². The van der Waals surface area contributed by atoms with Crippen molar-refractivity contribution in [1.29, 1.82) is 0 Å². The van der Waals surface area contributed by atoms with E-state index in [9.17, 15) is 4.79 Å². The monoisotopic (exact) mass is 391 g/mol. The van der Waals surface area contributed by atoms with E-state index in [0.29, 0.717) is 22.2 Å². The number of hydrogen-bond donors (Lipinski definition) is 1. The summed E-state index contributed by atoms with van der Waals surface area (Å²) in [6.45, 7) is 2.50. The Hall–Kier alpha value is -1.95. The van der Waals surface area contributed by atoms with E-state index in [-0.39, 0.29) is 5.91 Å². The first-order valence-corrected chi connectivity index (χ1v) is 9.22. The zero-order valence-electron chi connectivity index (χ0n) is 13.4. The van der Waals surface area contributed by atoms with Crippen LogP contribution < -0.4 is 5.32 Å². The van der Waals surface area contributed by atoms with Gasteiger partial charge < -0.3 is 5.32 Å². The van der Waals surface area contributed by atoms with Gasteiger partial charge in [0.2, 0.25) is 0 Å². The van der Waals surface area contributed by atoms with Crippen LogP contribution in [0.1, 0.15) is 20.9 Å². The molecule has 0 radical (unpaired) electrons. The van der Waals surface area contributed by atoms with E-state index in [1.165, 1.54) is 0 Å². The Bertz CT molecular complexity index is 897. The average Bonchev–Trinajstić information content (AvgIpc) is 2.99. The van der Waals surface area contributed by atoms with Crippen LogP contribution >= 0.6 is 34.5 Å². The molecule has 0 saturated heterocycles. The van der Waals surface area contributed by atoms with Crippen molar-refractivity contribution < 1.29 is 4.79 Å². The van der Waals surface area contributed by atoms with E-state index < -0.39 is 0 Å². The molecule has 0 fully saturated rings. The Kier molecular flexibility index (Phi) is 5.68. The van der Waals surface area contributed by atoms with E-state index >= 15 is 0 Å². The molecule has 0 aliphatic heterocycles. The molecule has 1 N–H and O–H groups in total. The number of amides is 1. The predicted molar refractivity (Wildman–Crippen MR) is 103 cm³/mol. The Morgan fingerprint density at radius 3 is 2.80 bits per heavy atom. The van der Waals surface area contributed by atoms with Crippen LogP contribution in [0.25, 0.3) is 10.6 Å². The summed E-state index contributed by atoms with van der Waals surface area (Å²) in [5.74, 6) is -0.173. The van der Waals surface area contributed by atoms with E-state index in [1.807, 2.05) is 19.1 Å². The van der Waals surface area contributed by atoms with Crippen molar-refractivity contribution in [3.8, 4) is 10.6 Å². The molecule has 7 heteroatoms. The van der Waals surface area contributed by atoms with E-state index in [1.54, 1.807) is 41.9 Å². The standard InChI is InChI=1S/C18H15Cl2N3OS/c1-11-16(25-18(23-11)13-3-2-7-21-10-13)6-8-22-17(24)12-4-5-14(19)15(20)9-12/h2-5,7,9-10H,6,8H2,1H3,(H,22,24). The third-order valence-corrected chi connectivity index (χ3v) is 5.63. The lowest BCUT2D eigenvalue weighted by Crippen LogP contribution is -2.25. The Morgan fingerprint density at radius 1 is 1.24 bits per heavy atom. The van der Waals surface area contributed by atoms with E-state index in [0.717, 1.165) is 27.6 Å². The molecule has 0 saturated carbocycles. The second kappa shape index (κ2) is 7.95. The number of aromatic nitrogens is 2. The van der Waals surface area contributed by atoms with Gasteiger partial charge in [-0.3, -0.25) is 9.78 Å². The van der Waals surface area contributed by atoms with Crippen molar-refractivity contribution in [2.75, 3.05) is 6.54 Å². The van der Waals surface area contributed by atoms with Gasteiger partial charge in [0.15, 0.2) is 0 Å². The number of nitrogens with one attached hydrogen (secondary N) is 1. The summed E-state index contributed by atoms with van der Waals surface area (Å²) in [4.78, 5) is 22.0. The van der Waals surface area contributed by atoms with Crippen LogP contribution in [0.15, 0.2) is 42.7 Å². The molecule has 1 aromatic carbocycles. The van der Waals surface area contributed by atoms with Gasteiger partial charge in [0.25, 0.3) is 5.91 Å². The van der Waals surface area contributed by atoms with Gasteiger partial charge in [0.1, 0.15) is 5.01 Å². The molecular weight excluding hydrogens is 377 g/mol. The number of benzene rings is 1. The van der Waals surface area contributed by atoms with Gasteiger partial charge in [-0.05, 0) is 37.3 Å². The number of rotatable bonds is 5. The third-order valence-electron chi connectivity index (χ3n) is 3.62. The maximum absolute atomic E-state index is 12.2. The highest BCUT2D eigenvalue weighted by Gasteiger charge is 2.11. The van der Waals surface area contributed by atoms with Gasteiger partial charge >= 0.3 is 0 Å². The Labute approximate surface area is 159 Å². The molecule has 128 valence electrons. The van der Waals surface area contributed by atoms with Crippen molar-refractivity contribution in [2.24, 2.45) is 0 Å². The number of halogens is 2. The van der Waals surface area contributed by atoms with E-state index in [2.05, 4.69) is 15.3 Å². The second-order valence-corrected chi connectivity index (χ2v) is 7.30. The Morgan fingerprint density at radius 2 is 2.08 bits per heavy atom. The quantitative estimate of drug-likeness (QED) is 0.679. The number of nitrogens with zero attached hydrogens (tertiary/aromatic N) is 2. The predicted octanol–water partition coefficient (Wildman–Crippen LogP) is 4.79. The minimum absolute atomic E-state index is 0.173. The molecule has 0 unspecified atom stereocenters. The number of aryl methyl sites for hydroxylation is 1. The summed E-state index contributed by atoms with van der Waals surface area (Å²) in [5.41, 5.74) is 2.47. The summed E-state index contributed by atoms with van der Waals surface area (Å²) < 4.78 is 0. The minimum atomic E-state index is -0.173. The molecule has 3 aromatic rings. The first kappa shape index (κ1) is 17.9. The summed E-state index contributed by atoms with van der Waals surface area (Å²) in [6, 6.07) is 8.72. The maximum atomic E-state index is 12.2. The van der Waals surface area contributed by atoms with Gasteiger partial charge in [-0.2, -0.15) is 0 Å². The molecule has 0 spiro atoms. The summed E-state index contributed by atoms with van der Waals surface area (Å²) >= 11 is 13.4. The molecule has 0 aliphatic carbocycles.